The molecule has 0 aliphatic heterocycles. The predicted octanol–water partition coefficient (Wildman–Crippen LogP) is 2.57. The quantitative estimate of drug-likeness (QED) is 0.891. The number of halogens is 2. The summed E-state index contributed by atoms with van der Waals surface area (Å²) >= 11 is 0. The van der Waals surface area contributed by atoms with Gasteiger partial charge in [-0.1, -0.05) is 5.16 Å². The van der Waals surface area contributed by atoms with Crippen LogP contribution in [0, 0.1) is 18.6 Å². The van der Waals surface area contributed by atoms with Crippen LogP contribution in [0.2, 0.25) is 0 Å². The Kier molecular flexibility index (Phi) is 3.46. The monoisotopic (exact) mass is 268 g/mol. The summed E-state index contributed by atoms with van der Waals surface area (Å²) in [5.74, 6) is -2.76. The largest absolute Gasteiger partial charge is 0.478 e. The highest BCUT2D eigenvalue weighted by molar-refractivity contribution is 5.88. The minimum absolute atomic E-state index is 0.0671. The minimum atomic E-state index is -1.39. The maximum atomic E-state index is 13.6. The van der Waals surface area contributed by atoms with Crippen LogP contribution in [0.25, 0.3) is 0 Å². The normalized spacial score (nSPS) is 10.5. The fraction of sp³-hybridized carbons (Fsp3) is 0.167. The second-order valence-corrected chi connectivity index (χ2v) is 3.90. The highest BCUT2D eigenvalue weighted by Gasteiger charge is 2.14. The second-order valence-electron chi connectivity index (χ2n) is 3.90. The van der Waals surface area contributed by atoms with Crippen molar-refractivity contribution in [2.75, 3.05) is 5.32 Å². The third-order valence-corrected chi connectivity index (χ3v) is 2.41. The zero-order valence-corrected chi connectivity index (χ0v) is 9.91. The molecule has 0 radical (unpaired) electrons. The summed E-state index contributed by atoms with van der Waals surface area (Å²) in [5, 5.41) is 14.8. The highest BCUT2D eigenvalue weighted by Crippen LogP contribution is 2.21. The smallest absolute Gasteiger partial charge is 0.335 e. The van der Waals surface area contributed by atoms with Gasteiger partial charge in [-0.3, -0.25) is 0 Å². The van der Waals surface area contributed by atoms with Crippen molar-refractivity contribution in [1.29, 1.82) is 0 Å². The van der Waals surface area contributed by atoms with Gasteiger partial charge in [-0.05, 0) is 19.1 Å². The fourth-order valence-electron chi connectivity index (χ4n) is 1.55. The average Bonchev–Trinajstić information content (AvgIpc) is 2.73. The second kappa shape index (κ2) is 5.05. The first-order valence-electron chi connectivity index (χ1n) is 5.36. The number of carbonyl (C=O) groups is 1. The van der Waals surface area contributed by atoms with E-state index in [4.69, 9.17) is 9.63 Å². The molecule has 2 rings (SSSR count). The number of carboxylic acid groups (broad SMARTS) is 1. The molecule has 0 fully saturated rings. The Morgan fingerprint density at radius 3 is 2.47 bits per heavy atom. The lowest BCUT2D eigenvalue weighted by atomic mass is 10.2. The van der Waals surface area contributed by atoms with Gasteiger partial charge in [0.2, 0.25) is 0 Å². The summed E-state index contributed by atoms with van der Waals surface area (Å²) in [6.45, 7) is 1.76. The molecule has 2 N–H and O–H groups in total. The third-order valence-electron chi connectivity index (χ3n) is 2.41. The molecule has 0 saturated heterocycles. The Labute approximate surface area is 106 Å². The molecular weight excluding hydrogens is 258 g/mol. The Bertz CT molecular complexity index is 602. The highest BCUT2D eigenvalue weighted by atomic mass is 19.1. The molecule has 0 saturated carbocycles. The fourth-order valence-corrected chi connectivity index (χ4v) is 1.55. The lowest BCUT2D eigenvalue weighted by molar-refractivity contribution is 0.0696. The number of rotatable bonds is 4. The number of anilines is 1. The summed E-state index contributed by atoms with van der Waals surface area (Å²) < 4.78 is 31.9. The van der Waals surface area contributed by atoms with Gasteiger partial charge >= 0.3 is 5.97 Å². The van der Waals surface area contributed by atoms with E-state index in [1.807, 2.05) is 0 Å². The number of nitrogens with one attached hydrogen (secondary N) is 1. The Hall–Kier alpha value is -2.44. The maximum absolute atomic E-state index is 13.6. The number of hydrogen-bond acceptors (Lipinski definition) is 4. The zero-order valence-electron chi connectivity index (χ0n) is 9.91. The molecule has 5 nitrogen and oxygen atoms in total. The number of carboxylic acids is 1. The van der Waals surface area contributed by atoms with Gasteiger partial charge in [0.05, 0.1) is 12.1 Å². The van der Waals surface area contributed by atoms with Gasteiger partial charge in [0, 0.05) is 6.07 Å². The average molecular weight is 268 g/mol. The van der Waals surface area contributed by atoms with Crippen molar-refractivity contribution in [3.63, 3.8) is 0 Å². The molecule has 0 atom stereocenters. The van der Waals surface area contributed by atoms with Crippen LogP contribution in [0.3, 0.4) is 0 Å². The number of aryl methyl sites for hydroxylation is 1. The van der Waals surface area contributed by atoms with Crippen LogP contribution in [-0.2, 0) is 6.54 Å². The van der Waals surface area contributed by atoms with Crippen molar-refractivity contribution in [2.45, 2.75) is 13.5 Å². The minimum Gasteiger partial charge on any atom is -0.478 e. The van der Waals surface area contributed by atoms with Gasteiger partial charge in [-0.2, -0.15) is 0 Å². The van der Waals surface area contributed by atoms with Crippen molar-refractivity contribution >= 4 is 11.7 Å². The van der Waals surface area contributed by atoms with Gasteiger partial charge < -0.3 is 14.9 Å². The van der Waals surface area contributed by atoms with E-state index in [9.17, 15) is 13.6 Å². The molecular formula is C12H10F2N2O3. The van der Waals surface area contributed by atoms with Crippen molar-refractivity contribution in [1.82, 2.24) is 5.16 Å². The summed E-state index contributed by atoms with van der Waals surface area (Å²) in [5.41, 5.74) is -0.359. The van der Waals surface area contributed by atoms with E-state index in [2.05, 4.69) is 10.5 Å². The number of benzene rings is 1. The van der Waals surface area contributed by atoms with E-state index in [0.29, 0.717) is 11.5 Å². The van der Waals surface area contributed by atoms with Crippen LogP contribution in [0.4, 0.5) is 14.5 Å². The van der Waals surface area contributed by atoms with Gasteiger partial charge in [0.25, 0.3) is 0 Å². The van der Waals surface area contributed by atoms with Gasteiger partial charge in [-0.15, -0.1) is 0 Å². The molecule has 0 amide bonds. The molecule has 1 aromatic heterocycles. The van der Waals surface area contributed by atoms with Crippen LogP contribution >= 0.6 is 0 Å². The molecule has 0 bridgehead atoms. The van der Waals surface area contributed by atoms with Crippen LogP contribution in [0.1, 0.15) is 21.8 Å². The topological polar surface area (TPSA) is 75.4 Å². The SMILES string of the molecule is Cc1cc(CNc2c(F)cc(C(=O)O)cc2F)no1. The summed E-state index contributed by atoms with van der Waals surface area (Å²) in [4.78, 5) is 10.6. The number of hydrogen-bond donors (Lipinski definition) is 2. The van der Waals surface area contributed by atoms with Gasteiger partial charge in [-0.25, -0.2) is 13.6 Å². The van der Waals surface area contributed by atoms with Crippen LogP contribution in [0.5, 0.6) is 0 Å². The molecule has 1 heterocycles. The first kappa shape index (κ1) is 13.0. The molecule has 0 spiro atoms. The van der Waals surface area contributed by atoms with Crippen LogP contribution in [0.15, 0.2) is 22.7 Å². The number of aromatic carboxylic acids is 1. The molecule has 0 aliphatic carbocycles. The number of aromatic nitrogens is 1. The molecule has 0 aliphatic rings. The van der Waals surface area contributed by atoms with E-state index < -0.39 is 28.9 Å². The molecule has 1 aromatic carbocycles. The van der Waals surface area contributed by atoms with E-state index in [-0.39, 0.29) is 6.54 Å². The van der Waals surface area contributed by atoms with Crippen molar-refractivity contribution in [3.05, 3.63) is 46.9 Å². The van der Waals surface area contributed by atoms with Crippen LogP contribution in [-0.4, -0.2) is 16.2 Å². The summed E-state index contributed by atoms with van der Waals surface area (Å²) in [6, 6.07) is 3.12. The standard InChI is InChI=1S/C12H10F2N2O3/c1-6-2-8(16-19-6)5-15-11-9(13)3-7(12(17)18)4-10(11)14/h2-4,15H,5H2,1H3,(H,17,18). The molecule has 19 heavy (non-hydrogen) atoms. The summed E-state index contributed by atoms with van der Waals surface area (Å²) in [7, 11) is 0. The van der Waals surface area contributed by atoms with Gasteiger partial charge in [0.15, 0.2) is 0 Å². The maximum Gasteiger partial charge on any atom is 0.335 e. The van der Waals surface area contributed by atoms with Crippen molar-refractivity contribution in [2.24, 2.45) is 0 Å². The Morgan fingerprint density at radius 1 is 1.37 bits per heavy atom. The molecule has 0 unspecified atom stereocenters. The number of nitrogens with zero attached hydrogens (tertiary/aromatic N) is 1. The third kappa shape index (κ3) is 2.87. The van der Waals surface area contributed by atoms with Crippen molar-refractivity contribution in [3.8, 4) is 0 Å². The Balaban J connectivity index is 2.18. The Morgan fingerprint density at radius 2 is 2.00 bits per heavy atom. The van der Waals surface area contributed by atoms with E-state index in [0.717, 1.165) is 12.1 Å². The van der Waals surface area contributed by atoms with Gasteiger partial charge in [0.1, 0.15) is 28.8 Å². The first-order valence-corrected chi connectivity index (χ1v) is 5.36. The zero-order chi connectivity index (χ0) is 14.0. The van der Waals surface area contributed by atoms with E-state index in [1.54, 1.807) is 13.0 Å². The summed E-state index contributed by atoms with van der Waals surface area (Å²) in [6.07, 6.45) is 0. The van der Waals surface area contributed by atoms with Crippen molar-refractivity contribution < 1.29 is 23.2 Å². The first-order chi connectivity index (χ1) is 8.97. The van der Waals surface area contributed by atoms with E-state index in [1.165, 1.54) is 0 Å². The molecule has 7 heteroatoms. The van der Waals surface area contributed by atoms with E-state index >= 15 is 0 Å². The predicted molar refractivity (Wildman–Crippen MR) is 61.9 cm³/mol. The lowest BCUT2D eigenvalue weighted by Crippen LogP contribution is -2.06. The molecule has 2 aromatic rings. The van der Waals surface area contributed by atoms with Crippen LogP contribution < -0.4 is 5.32 Å². The molecule has 100 valence electrons. The lowest BCUT2D eigenvalue weighted by Gasteiger charge is -2.08.